The minimum atomic E-state index is -0.408. The molecule has 1 amide bonds. The lowest BCUT2D eigenvalue weighted by molar-refractivity contribution is 0.0959. The molecule has 1 aliphatic carbocycles. The van der Waals surface area contributed by atoms with Gasteiger partial charge in [-0.25, -0.2) is 4.68 Å². The Morgan fingerprint density at radius 3 is 2.50 bits per heavy atom. The summed E-state index contributed by atoms with van der Waals surface area (Å²) in [6.45, 7) is 0.510. The maximum absolute atomic E-state index is 13.2. The Morgan fingerprint density at radius 2 is 1.88 bits per heavy atom. The Kier molecular flexibility index (Phi) is 6.44. The summed E-state index contributed by atoms with van der Waals surface area (Å²) in [5.41, 5.74) is 8.40. The van der Waals surface area contributed by atoms with Gasteiger partial charge in [0.2, 0.25) is 0 Å². The Bertz CT molecular complexity index is 1170. The average molecular weight is 451 g/mol. The van der Waals surface area contributed by atoms with E-state index in [0.29, 0.717) is 17.3 Å². The van der Waals surface area contributed by atoms with Crippen molar-refractivity contribution in [3.8, 4) is 11.3 Å². The molecule has 0 atom stereocenters. The molecule has 7 heteroatoms. The second-order valence-corrected chi connectivity index (χ2v) is 8.80. The van der Waals surface area contributed by atoms with Gasteiger partial charge in [-0.1, -0.05) is 54.1 Å². The lowest BCUT2D eigenvalue weighted by atomic mass is 9.68. The van der Waals surface area contributed by atoms with Gasteiger partial charge in [0.05, 0.1) is 11.7 Å². The molecule has 0 saturated heterocycles. The average Bonchev–Trinajstić information content (AvgIpc) is 2.84. The largest absolute Gasteiger partial charge is 0.355 e. The quantitative estimate of drug-likeness (QED) is 0.616. The van der Waals surface area contributed by atoms with Crippen LogP contribution in [-0.4, -0.2) is 29.3 Å². The smallest absolute Gasteiger partial charge is 0.279 e. The maximum atomic E-state index is 13.2. The first kappa shape index (κ1) is 22.2. The van der Waals surface area contributed by atoms with Crippen molar-refractivity contribution in [2.24, 2.45) is 5.73 Å². The molecule has 1 heterocycles. The normalized spacial score (nSPS) is 20.7. The molecule has 0 bridgehead atoms. The SMILES string of the molecule is CNC(=O)c1cc(-c2ccccc2)nn([C@H]2CC[C@](CN)(c3cccc(Cl)c3)CC2)c1=O. The lowest BCUT2D eigenvalue weighted by Crippen LogP contribution is -2.42. The van der Waals surface area contributed by atoms with E-state index < -0.39 is 5.91 Å². The number of nitrogens with one attached hydrogen (secondary N) is 1. The van der Waals surface area contributed by atoms with Crippen molar-refractivity contribution in [2.75, 3.05) is 13.6 Å². The zero-order valence-electron chi connectivity index (χ0n) is 18.1. The zero-order valence-corrected chi connectivity index (χ0v) is 18.8. The minimum Gasteiger partial charge on any atom is -0.355 e. The Labute approximate surface area is 192 Å². The molecule has 1 fully saturated rings. The number of aromatic nitrogens is 2. The summed E-state index contributed by atoms with van der Waals surface area (Å²) in [4.78, 5) is 25.6. The van der Waals surface area contributed by atoms with E-state index in [1.165, 1.54) is 11.7 Å². The van der Waals surface area contributed by atoms with Crippen LogP contribution in [0.2, 0.25) is 5.02 Å². The van der Waals surface area contributed by atoms with Crippen molar-refractivity contribution < 1.29 is 4.79 Å². The predicted octanol–water partition coefficient (Wildman–Crippen LogP) is 3.94. The molecule has 3 N–H and O–H groups in total. The van der Waals surface area contributed by atoms with E-state index in [1.54, 1.807) is 6.07 Å². The van der Waals surface area contributed by atoms with Crippen LogP contribution in [0.3, 0.4) is 0 Å². The molecule has 0 radical (unpaired) electrons. The van der Waals surface area contributed by atoms with Crippen LogP contribution in [-0.2, 0) is 5.41 Å². The Morgan fingerprint density at radius 1 is 1.16 bits per heavy atom. The Hall–Kier alpha value is -2.96. The molecule has 1 aromatic heterocycles. The van der Waals surface area contributed by atoms with Crippen molar-refractivity contribution in [3.05, 3.63) is 87.2 Å². The monoisotopic (exact) mass is 450 g/mol. The highest BCUT2D eigenvalue weighted by Crippen LogP contribution is 2.42. The van der Waals surface area contributed by atoms with Crippen molar-refractivity contribution in [1.29, 1.82) is 0 Å². The fraction of sp³-hybridized carbons (Fsp3) is 0.320. The summed E-state index contributed by atoms with van der Waals surface area (Å²) >= 11 is 6.23. The first-order valence-corrected chi connectivity index (χ1v) is 11.2. The van der Waals surface area contributed by atoms with Gasteiger partial charge in [0, 0.05) is 29.6 Å². The minimum absolute atomic E-state index is 0.103. The molecule has 1 saturated carbocycles. The van der Waals surface area contributed by atoms with Crippen LogP contribution in [0.1, 0.15) is 47.6 Å². The van der Waals surface area contributed by atoms with Gasteiger partial charge in [-0.2, -0.15) is 5.10 Å². The number of rotatable bonds is 5. The van der Waals surface area contributed by atoms with Gasteiger partial charge in [-0.05, 0) is 49.4 Å². The van der Waals surface area contributed by atoms with Crippen molar-refractivity contribution in [1.82, 2.24) is 15.1 Å². The summed E-state index contributed by atoms with van der Waals surface area (Å²) in [7, 11) is 1.52. The zero-order chi connectivity index (χ0) is 22.7. The number of carbonyl (C=O) groups excluding carboxylic acids is 1. The molecular formula is C25H27ClN4O2. The Balaban J connectivity index is 1.70. The van der Waals surface area contributed by atoms with Gasteiger partial charge in [0.25, 0.3) is 11.5 Å². The number of benzene rings is 2. The highest BCUT2D eigenvalue weighted by Gasteiger charge is 2.37. The van der Waals surface area contributed by atoms with E-state index in [1.807, 2.05) is 48.5 Å². The van der Waals surface area contributed by atoms with Crippen molar-refractivity contribution in [3.63, 3.8) is 0 Å². The molecule has 166 valence electrons. The van der Waals surface area contributed by atoms with Gasteiger partial charge in [0.15, 0.2) is 0 Å². The third-order valence-corrected chi connectivity index (χ3v) is 6.80. The number of nitrogens with zero attached hydrogens (tertiary/aromatic N) is 2. The molecule has 2 aromatic carbocycles. The third kappa shape index (κ3) is 4.20. The molecule has 0 unspecified atom stereocenters. The van der Waals surface area contributed by atoms with Crippen LogP contribution in [0, 0.1) is 0 Å². The summed E-state index contributed by atoms with van der Waals surface area (Å²) in [6.07, 6.45) is 3.10. The predicted molar refractivity (Wildman–Crippen MR) is 127 cm³/mol. The number of amides is 1. The maximum Gasteiger partial charge on any atom is 0.279 e. The number of carbonyl (C=O) groups is 1. The summed E-state index contributed by atoms with van der Waals surface area (Å²) in [6, 6.07) is 18.9. The second kappa shape index (κ2) is 9.27. The summed E-state index contributed by atoms with van der Waals surface area (Å²) < 4.78 is 1.51. The summed E-state index contributed by atoms with van der Waals surface area (Å²) in [5, 5.41) is 7.94. The van der Waals surface area contributed by atoms with Crippen LogP contribution >= 0.6 is 11.6 Å². The van der Waals surface area contributed by atoms with E-state index >= 15 is 0 Å². The van der Waals surface area contributed by atoms with Gasteiger partial charge >= 0.3 is 0 Å². The molecule has 32 heavy (non-hydrogen) atoms. The number of nitrogens with two attached hydrogens (primary N) is 1. The van der Waals surface area contributed by atoms with Gasteiger partial charge in [0.1, 0.15) is 5.56 Å². The number of halogens is 1. The fourth-order valence-corrected chi connectivity index (χ4v) is 4.83. The van der Waals surface area contributed by atoms with Crippen LogP contribution in [0.4, 0.5) is 0 Å². The molecule has 3 aromatic rings. The van der Waals surface area contributed by atoms with E-state index in [-0.39, 0.29) is 22.6 Å². The second-order valence-electron chi connectivity index (χ2n) is 8.36. The van der Waals surface area contributed by atoms with Gasteiger partial charge in [-0.15, -0.1) is 0 Å². The standard InChI is InChI=1S/C25H27ClN4O2/c1-28-23(31)21-15-22(17-6-3-2-4-7-17)29-30(24(21)32)20-10-12-25(16-27,13-11-20)18-8-5-9-19(26)14-18/h2-9,14-15,20H,10-13,16,27H2,1H3,(H,28,31)/t20-,25-. The van der Waals surface area contributed by atoms with Crippen LogP contribution in [0.15, 0.2) is 65.5 Å². The molecule has 1 aliphatic rings. The summed E-state index contributed by atoms with van der Waals surface area (Å²) in [5.74, 6) is -0.408. The van der Waals surface area contributed by atoms with Crippen molar-refractivity contribution >= 4 is 17.5 Å². The van der Waals surface area contributed by atoms with Crippen LogP contribution in [0.5, 0.6) is 0 Å². The van der Waals surface area contributed by atoms with E-state index in [2.05, 4.69) is 16.5 Å². The van der Waals surface area contributed by atoms with Gasteiger partial charge < -0.3 is 11.1 Å². The molecular weight excluding hydrogens is 424 g/mol. The van der Waals surface area contributed by atoms with Crippen molar-refractivity contribution in [2.45, 2.75) is 37.1 Å². The first-order valence-electron chi connectivity index (χ1n) is 10.8. The highest BCUT2D eigenvalue weighted by atomic mass is 35.5. The van der Waals surface area contributed by atoms with Gasteiger partial charge in [-0.3, -0.25) is 9.59 Å². The molecule has 4 rings (SSSR count). The molecule has 0 spiro atoms. The van der Waals surface area contributed by atoms with E-state index in [4.69, 9.17) is 17.3 Å². The number of hydrogen-bond acceptors (Lipinski definition) is 4. The molecule has 0 aliphatic heterocycles. The van der Waals surface area contributed by atoms with Crippen LogP contribution < -0.4 is 16.6 Å². The first-order chi connectivity index (χ1) is 15.5. The van der Waals surface area contributed by atoms with Crippen LogP contribution in [0.25, 0.3) is 11.3 Å². The molecule has 6 nitrogen and oxygen atoms in total. The fourth-order valence-electron chi connectivity index (χ4n) is 4.64. The van der Waals surface area contributed by atoms with E-state index in [9.17, 15) is 9.59 Å². The third-order valence-electron chi connectivity index (χ3n) is 6.56. The topological polar surface area (TPSA) is 90.0 Å². The highest BCUT2D eigenvalue weighted by molar-refractivity contribution is 6.30. The lowest BCUT2D eigenvalue weighted by Gasteiger charge is -2.40. The number of hydrogen-bond donors (Lipinski definition) is 2. The van der Waals surface area contributed by atoms with E-state index in [0.717, 1.165) is 36.8 Å².